The van der Waals surface area contributed by atoms with Gasteiger partial charge in [-0.15, -0.1) is 0 Å². The molecule has 5 nitrogen and oxygen atoms in total. The van der Waals surface area contributed by atoms with Crippen molar-refractivity contribution in [3.05, 3.63) is 65.2 Å². The number of amides is 1. The maximum atomic E-state index is 13.0. The largest absolute Gasteiger partial charge is 0.493 e. The molecule has 31 heavy (non-hydrogen) atoms. The zero-order valence-corrected chi connectivity index (χ0v) is 18.9. The lowest BCUT2D eigenvalue weighted by Gasteiger charge is -2.35. The zero-order chi connectivity index (χ0) is 22.0. The van der Waals surface area contributed by atoms with Crippen LogP contribution in [0.4, 0.5) is 5.82 Å². The number of fused-ring (bicyclic) bond motifs is 1. The van der Waals surface area contributed by atoms with Gasteiger partial charge in [0, 0.05) is 37.1 Å². The highest BCUT2D eigenvalue weighted by Crippen LogP contribution is 2.26. The first-order chi connectivity index (χ1) is 14.9. The first kappa shape index (κ1) is 21.2. The molecule has 0 atom stereocenters. The minimum absolute atomic E-state index is 0.0631. The molecule has 0 aliphatic carbocycles. The van der Waals surface area contributed by atoms with Crippen molar-refractivity contribution in [3.8, 4) is 5.75 Å². The summed E-state index contributed by atoms with van der Waals surface area (Å²) < 4.78 is 5.79. The summed E-state index contributed by atoms with van der Waals surface area (Å²) in [5, 5.41) is 1.21. The average molecular weight is 418 g/mol. The van der Waals surface area contributed by atoms with E-state index in [-0.39, 0.29) is 5.91 Å². The van der Waals surface area contributed by atoms with Gasteiger partial charge in [-0.2, -0.15) is 0 Å². The molecule has 3 aromatic rings. The smallest absolute Gasteiger partial charge is 0.254 e. The van der Waals surface area contributed by atoms with Crippen LogP contribution in [0, 0.1) is 19.8 Å². The zero-order valence-electron chi connectivity index (χ0n) is 18.9. The maximum absolute atomic E-state index is 13.0. The summed E-state index contributed by atoms with van der Waals surface area (Å²) in [4.78, 5) is 22.2. The highest BCUT2D eigenvalue weighted by Gasteiger charge is 2.23. The minimum atomic E-state index is 0.0631. The van der Waals surface area contributed by atoms with E-state index in [1.54, 1.807) is 0 Å². The van der Waals surface area contributed by atoms with E-state index >= 15 is 0 Å². The second-order valence-corrected chi connectivity index (χ2v) is 8.78. The van der Waals surface area contributed by atoms with Crippen LogP contribution in [-0.2, 0) is 0 Å². The molecule has 0 saturated carbocycles. The van der Waals surface area contributed by atoms with Crippen molar-refractivity contribution in [1.29, 1.82) is 0 Å². The van der Waals surface area contributed by atoms with E-state index in [0.29, 0.717) is 31.2 Å². The molecular formula is C26H31N3O2. The molecule has 2 aromatic carbocycles. The summed E-state index contributed by atoms with van der Waals surface area (Å²) in [6.07, 6.45) is 0. The number of benzene rings is 2. The summed E-state index contributed by atoms with van der Waals surface area (Å²) in [5.74, 6) is 2.26. The first-order valence-corrected chi connectivity index (χ1v) is 11.1. The summed E-state index contributed by atoms with van der Waals surface area (Å²) in [7, 11) is 0. The standard InChI is InChI=1S/C26H31N3O2/c1-18(2)17-31-22-9-6-8-21(16-22)26(30)29-13-11-28(12-14-29)24-15-20(4)23-10-5-7-19(3)25(23)27-24/h5-10,15-16,18H,11-14,17H2,1-4H3. The Morgan fingerprint density at radius 3 is 2.48 bits per heavy atom. The number of nitrogens with zero attached hydrogens (tertiary/aromatic N) is 3. The van der Waals surface area contributed by atoms with Gasteiger partial charge in [0.15, 0.2) is 0 Å². The molecule has 0 N–H and O–H groups in total. The Bertz CT molecular complexity index is 1090. The van der Waals surface area contributed by atoms with Crippen molar-refractivity contribution in [2.75, 3.05) is 37.7 Å². The van der Waals surface area contributed by atoms with E-state index in [0.717, 1.165) is 30.2 Å². The van der Waals surface area contributed by atoms with Crippen LogP contribution in [0.3, 0.4) is 0 Å². The van der Waals surface area contributed by atoms with E-state index in [4.69, 9.17) is 9.72 Å². The second kappa shape index (κ2) is 8.96. The third-order valence-corrected chi connectivity index (χ3v) is 5.79. The number of anilines is 1. The Kier molecular flexibility index (Phi) is 6.12. The number of aromatic nitrogens is 1. The Morgan fingerprint density at radius 1 is 1.00 bits per heavy atom. The van der Waals surface area contributed by atoms with Gasteiger partial charge in [0.2, 0.25) is 0 Å². The molecule has 1 aliphatic rings. The molecule has 1 fully saturated rings. The number of piperazine rings is 1. The quantitative estimate of drug-likeness (QED) is 0.595. The molecule has 1 aliphatic heterocycles. The van der Waals surface area contributed by atoms with Gasteiger partial charge in [0.25, 0.3) is 5.91 Å². The topological polar surface area (TPSA) is 45.7 Å². The van der Waals surface area contributed by atoms with E-state index < -0.39 is 0 Å². The lowest BCUT2D eigenvalue weighted by atomic mass is 10.1. The normalized spacial score (nSPS) is 14.4. The highest BCUT2D eigenvalue weighted by atomic mass is 16.5. The number of para-hydroxylation sites is 1. The number of rotatable bonds is 5. The molecule has 0 bridgehead atoms. The van der Waals surface area contributed by atoms with Gasteiger partial charge in [0.1, 0.15) is 11.6 Å². The summed E-state index contributed by atoms with van der Waals surface area (Å²) >= 11 is 0. The van der Waals surface area contributed by atoms with Gasteiger partial charge in [0.05, 0.1) is 12.1 Å². The number of hydrogen-bond acceptors (Lipinski definition) is 4. The molecule has 1 aromatic heterocycles. The summed E-state index contributed by atoms with van der Waals surface area (Å²) in [6.45, 7) is 12.0. The van der Waals surface area contributed by atoms with Crippen molar-refractivity contribution in [1.82, 2.24) is 9.88 Å². The van der Waals surface area contributed by atoms with Crippen LogP contribution in [0.2, 0.25) is 0 Å². The first-order valence-electron chi connectivity index (χ1n) is 11.1. The summed E-state index contributed by atoms with van der Waals surface area (Å²) in [6, 6.07) is 16.0. The second-order valence-electron chi connectivity index (χ2n) is 8.78. The van der Waals surface area contributed by atoms with Crippen molar-refractivity contribution in [3.63, 3.8) is 0 Å². The van der Waals surface area contributed by atoms with Gasteiger partial charge in [-0.3, -0.25) is 4.79 Å². The van der Waals surface area contributed by atoms with Crippen molar-refractivity contribution in [2.24, 2.45) is 5.92 Å². The molecule has 0 radical (unpaired) electrons. The number of hydrogen-bond donors (Lipinski definition) is 0. The Balaban J connectivity index is 1.44. The van der Waals surface area contributed by atoms with E-state index in [2.05, 4.69) is 56.9 Å². The van der Waals surface area contributed by atoms with E-state index in [1.807, 2.05) is 29.2 Å². The van der Waals surface area contributed by atoms with Gasteiger partial charge >= 0.3 is 0 Å². The molecule has 5 heteroatoms. The van der Waals surface area contributed by atoms with Crippen LogP contribution in [-0.4, -0.2) is 48.6 Å². The Labute approximate surface area is 184 Å². The third kappa shape index (κ3) is 4.66. The van der Waals surface area contributed by atoms with Crippen LogP contribution in [0.25, 0.3) is 10.9 Å². The molecule has 1 amide bonds. The van der Waals surface area contributed by atoms with Crippen LogP contribution in [0.15, 0.2) is 48.5 Å². The molecule has 0 spiro atoms. The fraction of sp³-hybridized carbons (Fsp3) is 0.385. The van der Waals surface area contributed by atoms with Gasteiger partial charge in [-0.25, -0.2) is 4.98 Å². The fourth-order valence-corrected chi connectivity index (χ4v) is 4.01. The predicted octanol–water partition coefficient (Wildman–Crippen LogP) is 4.85. The Morgan fingerprint density at radius 2 is 1.74 bits per heavy atom. The van der Waals surface area contributed by atoms with Crippen LogP contribution in [0.5, 0.6) is 5.75 Å². The van der Waals surface area contributed by atoms with Gasteiger partial charge in [-0.05, 0) is 55.2 Å². The number of ether oxygens (including phenoxy) is 1. The number of pyridine rings is 1. The fourth-order valence-electron chi connectivity index (χ4n) is 4.01. The molecule has 162 valence electrons. The Hall–Kier alpha value is -3.08. The van der Waals surface area contributed by atoms with E-state index in [9.17, 15) is 4.79 Å². The lowest BCUT2D eigenvalue weighted by molar-refractivity contribution is 0.0746. The third-order valence-electron chi connectivity index (χ3n) is 5.79. The number of carbonyl (C=O) groups excluding carboxylic acids is 1. The average Bonchev–Trinajstić information content (AvgIpc) is 2.78. The van der Waals surface area contributed by atoms with Crippen molar-refractivity contribution < 1.29 is 9.53 Å². The van der Waals surface area contributed by atoms with Gasteiger partial charge in [-0.1, -0.05) is 38.1 Å². The number of carbonyl (C=O) groups is 1. The number of aryl methyl sites for hydroxylation is 2. The van der Waals surface area contributed by atoms with Gasteiger partial charge < -0.3 is 14.5 Å². The minimum Gasteiger partial charge on any atom is -0.493 e. The predicted molar refractivity (Wildman–Crippen MR) is 126 cm³/mol. The van der Waals surface area contributed by atoms with Crippen molar-refractivity contribution >= 4 is 22.6 Å². The molecule has 1 saturated heterocycles. The molecule has 2 heterocycles. The van der Waals surface area contributed by atoms with Crippen LogP contribution in [0.1, 0.15) is 35.3 Å². The van der Waals surface area contributed by atoms with E-state index in [1.165, 1.54) is 16.5 Å². The molecular weight excluding hydrogens is 386 g/mol. The molecule has 4 rings (SSSR count). The maximum Gasteiger partial charge on any atom is 0.254 e. The van der Waals surface area contributed by atoms with Crippen LogP contribution < -0.4 is 9.64 Å². The lowest BCUT2D eigenvalue weighted by Crippen LogP contribution is -2.49. The molecule has 0 unspecified atom stereocenters. The van der Waals surface area contributed by atoms with Crippen molar-refractivity contribution in [2.45, 2.75) is 27.7 Å². The SMILES string of the molecule is Cc1cc(N2CCN(C(=O)c3cccc(OCC(C)C)c3)CC2)nc2c(C)cccc12. The monoisotopic (exact) mass is 417 g/mol. The summed E-state index contributed by atoms with van der Waals surface area (Å²) in [5.41, 5.74) is 4.18. The highest BCUT2D eigenvalue weighted by molar-refractivity contribution is 5.94. The van der Waals surface area contributed by atoms with Crippen LogP contribution >= 0.6 is 0 Å².